The van der Waals surface area contributed by atoms with Gasteiger partial charge < -0.3 is 4.74 Å². The molecule has 2 aromatic carbocycles. The maximum atomic E-state index is 13.1. The Morgan fingerprint density at radius 2 is 2.17 bits per heavy atom. The summed E-state index contributed by atoms with van der Waals surface area (Å²) >= 11 is 3.36. The summed E-state index contributed by atoms with van der Waals surface area (Å²) in [6.07, 6.45) is 7.87. The van der Waals surface area contributed by atoms with Crippen LogP contribution in [0.5, 0.6) is 5.75 Å². The van der Waals surface area contributed by atoms with Gasteiger partial charge in [0, 0.05) is 28.6 Å². The van der Waals surface area contributed by atoms with Gasteiger partial charge in [-0.3, -0.25) is 14.9 Å². The summed E-state index contributed by atoms with van der Waals surface area (Å²) in [4.78, 5) is 28.2. The molecular weight excluding hydrogens is 452 g/mol. The maximum absolute atomic E-state index is 13.1. The highest BCUT2D eigenvalue weighted by atomic mass is 79.9. The fraction of sp³-hybridized carbons (Fsp3) is 0.190. The minimum atomic E-state index is -0.522. The van der Waals surface area contributed by atoms with E-state index < -0.39 is 4.92 Å². The van der Waals surface area contributed by atoms with E-state index >= 15 is 0 Å². The first kappa shape index (κ1) is 21.2. The lowest BCUT2D eigenvalue weighted by Crippen LogP contribution is -2.22. The molecule has 0 fully saturated rings. The Morgan fingerprint density at radius 1 is 1.37 bits per heavy atom. The molecule has 0 N–H and O–H groups in total. The van der Waals surface area contributed by atoms with Crippen LogP contribution >= 0.6 is 15.9 Å². The van der Waals surface area contributed by atoms with Crippen molar-refractivity contribution in [2.75, 3.05) is 6.61 Å². The van der Waals surface area contributed by atoms with Crippen LogP contribution in [0.2, 0.25) is 0 Å². The molecule has 0 radical (unpaired) electrons. The molecule has 30 heavy (non-hydrogen) atoms. The van der Waals surface area contributed by atoms with Crippen molar-refractivity contribution in [1.29, 1.82) is 0 Å². The Bertz CT molecular complexity index is 1240. The summed E-state index contributed by atoms with van der Waals surface area (Å²) < 4.78 is 7.40. The molecule has 0 saturated heterocycles. The van der Waals surface area contributed by atoms with Gasteiger partial charge in [0.25, 0.3) is 11.2 Å². The molecule has 1 heterocycles. The van der Waals surface area contributed by atoms with E-state index in [2.05, 4.69) is 31.9 Å². The van der Waals surface area contributed by atoms with Gasteiger partial charge in [-0.15, -0.1) is 6.42 Å². The summed E-state index contributed by atoms with van der Waals surface area (Å²) in [7, 11) is 0. The predicted molar refractivity (Wildman–Crippen MR) is 118 cm³/mol. The Balaban J connectivity index is 2.15. The smallest absolute Gasteiger partial charge is 0.282 e. The topological polar surface area (TPSA) is 99.6 Å². The number of terminal acetylenes is 1. The number of halogens is 1. The number of non-ortho nitro benzene ring substituents is 1. The van der Waals surface area contributed by atoms with Crippen LogP contribution in [-0.4, -0.2) is 27.4 Å². The monoisotopic (exact) mass is 468 g/mol. The van der Waals surface area contributed by atoms with Crippen LogP contribution in [0.1, 0.15) is 24.7 Å². The van der Waals surface area contributed by atoms with Gasteiger partial charge in [0.2, 0.25) is 0 Å². The molecule has 0 unspecified atom stereocenters. The number of fused-ring (bicyclic) bond motifs is 1. The van der Waals surface area contributed by atoms with Crippen molar-refractivity contribution >= 4 is 38.7 Å². The van der Waals surface area contributed by atoms with Crippen molar-refractivity contribution in [1.82, 2.24) is 9.66 Å². The molecule has 0 spiro atoms. The second kappa shape index (κ2) is 9.33. The second-order valence-electron chi connectivity index (χ2n) is 6.27. The largest absolute Gasteiger partial charge is 0.480 e. The molecule has 1 aromatic heterocycles. The van der Waals surface area contributed by atoms with E-state index in [0.29, 0.717) is 34.5 Å². The molecular formula is C21H17BrN4O4. The summed E-state index contributed by atoms with van der Waals surface area (Å²) in [6.45, 7) is 1.96. The third-order valence-electron chi connectivity index (χ3n) is 4.18. The van der Waals surface area contributed by atoms with Gasteiger partial charge >= 0.3 is 0 Å². The predicted octanol–water partition coefficient (Wildman–Crippen LogP) is 3.91. The first-order chi connectivity index (χ1) is 14.4. The number of benzene rings is 2. The van der Waals surface area contributed by atoms with Crippen LogP contribution < -0.4 is 10.3 Å². The zero-order valence-electron chi connectivity index (χ0n) is 16.0. The molecule has 0 aliphatic heterocycles. The van der Waals surface area contributed by atoms with Crippen molar-refractivity contribution in [3.05, 3.63) is 72.7 Å². The normalized spacial score (nSPS) is 11.0. The average molecular weight is 469 g/mol. The van der Waals surface area contributed by atoms with E-state index in [4.69, 9.17) is 11.2 Å². The van der Waals surface area contributed by atoms with Gasteiger partial charge in [0.05, 0.1) is 22.0 Å². The van der Waals surface area contributed by atoms with Gasteiger partial charge in [0.15, 0.2) is 0 Å². The molecule has 152 valence electrons. The molecule has 0 atom stereocenters. The Hall–Kier alpha value is -3.51. The number of nitro benzene ring substituents is 1. The van der Waals surface area contributed by atoms with E-state index in [-0.39, 0.29) is 17.9 Å². The lowest BCUT2D eigenvalue weighted by atomic mass is 10.2. The summed E-state index contributed by atoms with van der Waals surface area (Å²) in [5.41, 5.74) is 0.429. The highest BCUT2D eigenvalue weighted by Crippen LogP contribution is 2.23. The van der Waals surface area contributed by atoms with Crippen LogP contribution in [0.4, 0.5) is 5.69 Å². The minimum Gasteiger partial charge on any atom is -0.480 e. The molecule has 8 nitrogen and oxygen atoms in total. The number of hydrogen-bond acceptors (Lipinski definition) is 6. The van der Waals surface area contributed by atoms with Gasteiger partial charge in [0.1, 0.15) is 18.2 Å². The van der Waals surface area contributed by atoms with Crippen LogP contribution in [0.3, 0.4) is 0 Å². The highest BCUT2D eigenvalue weighted by molar-refractivity contribution is 9.10. The molecule has 3 aromatic rings. The minimum absolute atomic E-state index is 0.00869. The van der Waals surface area contributed by atoms with Gasteiger partial charge in [-0.1, -0.05) is 28.8 Å². The maximum Gasteiger partial charge on any atom is 0.282 e. The Labute approximate surface area is 180 Å². The van der Waals surface area contributed by atoms with Gasteiger partial charge in [-0.2, -0.15) is 9.78 Å². The lowest BCUT2D eigenvalue weighted by molar-refractivity contribution is -0.384. The van der Waals surface area contributed by atoms with Crippen molar-refractivity contribution in [2.45, 2.75) is 19.8 Å². The van der Waals surface area contributed by atoms with Crippen LogP contribution in [0.15, 0.2) is 50.8 Å². The molecule has 0 amide bonds. The van der Waals surface area contributed by atoms with E-state index in [9.17, 15) is 14.9 Å². The molecule has 0 bridgehead atoms. The molecule has 9 heteroatoms. The van der Waals surface area contributed by atoms with Crippen LogP contribution in [0.25, 0.3) is 10.9 Å². The fourth-order valence-corrected chi connectivity index (χ4v) is 3.18. The average Bonchev–Trinajstić information content (AvgIpc) is 2.73. The van der Waals surface area contributed by atoms with E-state index in [1.54, 1.807) is 12.1 Å². The number of aromatic nitrogens is 2. The third kappa shape index (κ3) is 4.55. The van der Waals surface area contributed by atoms with E-state index in [0.717, 1.165) is 10.9 Å². The molecule has 0 aliphatic carbocycles. The number of rotatable bonds is 7. The Morgan fingerprint density at radius 3 is 2.87 bits per heavy atom. The number of nitro groups is 1. The second-order valence-corrected chi connectivity index (χ2v) is 7.19. The number of nitrogens with zero attached hydrogens (tertiary/aromatic N) is 4. The lowest BCUT2D eigenvalue weighted by Gasteiger charge is -2.09. The summed E-state index contributed by atoms with van der Waals surface area (Å²) in [5, 5.41) is 15.8. The van der Waals surface area contributed by atoms with Crippen molar-refractivity contribution in [3.8, 4) is 18.1 Å². The van der Waals surface area contributed by atoms with Crippen LogP contribution in [0, 0.1) is 22.5 Å². The number of hydrogen-bond donors (Lipinski definition) is 0. The summed E-state index contributed by atoms with van der Waals surface area (Å²) in [6, 6.07) is 9.33. The first-order valence-corrected chi connectivity index (χ1v) is 9.84. The third-order valence-corrected chi connectivity index (χ3v) is 4.67. The zero-order chi connectivity index (χ0) is 21.7. The molecule has 0 saturated carbocycles. The van der Waals surface area contributed by atoms with Gasteiger partial charge in [-0.05, 0) is 30.7 Å². The van der Waals surface area contributed by atoms with E-state index in [1.807, 2.05) is 13.0 Å². The highest BCUT2D eigenvalue weighted by Gasteiger charge is 2.13. The first-order valence-electron chi connectivity index (χ1n) is 9.04. The molecule has 3 rings (SSSR count). The SMILES string of the molecule is C#CCOc1ccc([N+](=O)[O-])cc1C=Nn1c(CCC)nc2ccc(Br)cc2c1=O. The van der Waals surface area contributed by atoms with Crippen molar-refractivity contribution < 1.29 is 9.66 Å². The number of aryl methyl sites for hydroxylation is 1. The summed E-state index contributed by atoms with van der Waals surface area (Å²) in [5.74, 6) is 3.16. The van der Waals surface area contributed by atoms with Crippen molar-refractivity contribution in [2.24, 2.45) is 5.10 Å². The van der Waals surface area contributed by atoms with E-state index in [1.165, 1.54) is 29.1 Å². The zero-order valence-corrected chi connectivity index (χ0v) is 17.6. The van der Waals surface area contributed by atoms with Gasteiger partial charge in [-0.25, -0.2) is 4.98 Å². The van der Waals surface area contributed by atoms with Crippen LogP contribution in [-0.2, 0) is 6.42 Å². The van der Waals surface area contributed by atoms with Crippen molar-refractivity contribution in [3.63, 3.8) is 0 Å². The molecule has 0 aliphatic rings. The number of ether oxygens (including phenoxy) is 1. The Kier molecular flexibility index (Phi) is 6.59. The fourth-order valence-electron chi connectivity index (χ4n) is 2.82. The quantitative estimate of drug-likeness (QED) is 0.226. The standard InChI is InChI=1S/C21H17BrN4O4/c1-3-5-20-24-18-8-6-15(22)12-17(18)21(27)25(20)23-13-14-11-16(26(28)29)7-9-19(14)30-10-4-2/h2,6-9,11-13H,3,5,10H2,1H3.